The molecule has 2 atom stereocenters. The molecule has 4 heteroatoms. The summed E-state index contributed by atoms with van der Waals surface area (Å²) in [5.41, 5.74) is 7.45. The lowest BCUT2D eigenvalue weighted by atomic mass is 9.97. The van der Waals surface area contributed by atoms with Gasteiger partial charge in [0.15, 0.2) is 0 Å². The lowest BCUT2D eigenvalue weighted by Crippen LogP contribution is -2.46. The van der Waals surface area contributed by atoms with Crippen molar-refractivity contribution in [1.82, 2.24) is 4.90 Å². The van der Waals surface area contributed by atoms with Crippen molar-refractivity contribution in [3.8, 4) is 5.75 Å². The predicted molar refractivity (Wildman–Crippen MR) is 90.7 cm³/mol. The van der Waals surface area contributed by atoms with Crippen LogP contribution >= 0.6 is 0 Å². The fourth-order valence-corrected chi connectivity index (χ4v) is 3.07. The van der Waals surface area contributed by atoms with E-state index in [2.05, 4.69) is 13.8 Å². The summed E-state index contributed by atoms with van der Waals surface area (Å²) in [6.07, 6.45) is 6.83. The van der Waals surface area contributed by atoms with E-state index in [4.69, 9.17) is 10.5 Å². The molecule has 0 aromatic heterocycles. The van der Waals surface area contributed by atoms with Gasteiger partial charge in [-0.15, -0.1) is 0 Å². The monoisotopic (exact) mass is 302 g/mol. The Morgan fingerprint density at radius 3 is 2.64 bits per heavy atom. The molecule has 4 nitrogen and oxygen atoms in total. The average molecular weight is 302 g/mol. The van der Waals surface area contributed by atoms with Crippen LogP contribution in [-0.2, 0) is 4.79 Å². The first-order valence-electron chi connectivity index (χ1n) is 8.05. The van der Waals surface area contributed by atoms with Crippen molar-refractivity contribution < 1.29 is 9.53 Å². The lowest BCUT2D eigenvalue weighted by Gasteiger charge is -2.38. The number of anilines is 1. The minimum atomic E-state index is 0.0761. The maximum atomic E-state index is 12.4. The van der Waals surface area contributed by atoms with Crippen LogP contribution in [0.4, 0.5) is 5.69 Å². The van der Waals surface area contributed by atoms with Crippen LogP contribution in [0.25, 0.3) is 6.08 Å². The Kier molecular flexibility index (Phi) is 5.47. The van der Waals surface area contributed by atoms with E-state index >= 15 is 0 Å². The van der Waals surface area contributed by atoms with Crippen molar-refractivity contribution in [2.75, 3.05) is 12.3 Å². The number of nitrogen functional groups attached to an aromatic ring is 1. The summed E-state index contributed by atoms with van der Waals surface area (Å²) in [5, 5.41) is 0. The van der Waals surface area contributed by atoms with Gasteiger partial charge in [-0.3, -0.25) is 4.79 Å². The highest BCUT2D eigenvalue weighted by molar-refractivity contribution is 5.92. The fraction of sp³-hybridized carbons (Fsp3) is 0.500. The van der Waals surface area contributed by atoms with Gasteiger partial charge in [-0.2, -0.15) is 0 Å². The van der Waals surface area contributed by atoms with E-state index in [1.807, 2.05) is 36.1 Å². The second-order valence-corrected chi connectivity index (χ2v) is 5.94. The quantitative estimate of drug-likeness (QED) is 0.684. The van der Waals surface area contributed by atoms with Gasteiger partial charge in [0, 0.05) is 18.2 Å². The van der Waals surface area contributed by atoms with Crippen molar-refractivity contribution in [2.45, 2.75) is 52.1 Å². The van der Waals surface area contributed by atoms with Gasteiger partial charge in [0.05, 0.1) is 12.3 Å². The standard InChI is InChI=1S/C18H26N2O2/c1-4-22-17-10-8-15(12-16(17)19)9-11-18(21)20-13(2)6-5-7-14(20)3/h8-14H,4-7,19H2,1-3H3/b11-9-. The third-order valence-electron chi connectivity index (χ3n) is 4.20. The molecule has 0 saturated carbocycles. The number of carbonyl (C=O) groups excluding carboxylic acids is 1. The molecule has 1 aromatic carbocycles. The molecule has 0 aliphatic carbocycles. The molecule has 2 N–H and O–H groups in total. The maximum Gasteiger partial charge on any atom is 0.247 e. The molecule has 1 saturated heterocycles. The SMILES string of the molecule is CCOc1ccc(/C=C\C(=O)N2C(C)CCCC2C)cc1N. The van der Waals surface area contributed by atoms with Crippen molar-refractivity contribution in [2.24, 2.45) is 0 Å². The number of piperidine rings is 1. The van der Waals surface area contributed by atoms with Crippen LogP contribution < -0.4 is 10.5 Å². The number of nitrogens with two attached hydrogens (primary N) is 1. The summed E-state index contributed by atoms with van der Waals surface area (Å²) in [6, 6.07) is 6.21. The number of amides is 1. The smallest absolute Gasteiger partial charge is 0.247 e. The summed E-state index contributed by atoms with van der Waals surface area (Å²) in [5.74, 6) is 0.761. The molecular weight excluding hydrogens is 276 g/mol. The van der Waals surface area contributed by atoms with Crippen LogP contribution in [0.2, 0.25) is 0 Å². The van der Waals surface area contributed by atoms with Crippen molar-refractivity contribution in [3.63, 3.8) is 0 Å². The lowest BCUT2D eigenvalue weighted by molar-refractivity contribution is -0.131. The normalized spacial score (nSPS) is 22.0. The number of hydrogen-bond donors (Lipinski definition) is 1. The molecule has 1 aliphatic rings. The summed E-state index contributed by atoms with van der Waals surface area (Å²) in [6.45, 7) is 6.75. The largest absolute Gasteiger partial charge is 0.492 e. The van der Waals surface area contributed by atoms with Crippen molar-refractivity contribution in [3.05, 3.63) is 29.8 Å². The molecule has 2 unspecified atom stereocenters. The van der Waals surface area contributed by atoms with Crippen LogP contribution in [0, 0.1) is 0 Å². The molecule has 1 heterocycles. The van der Waals surface area contributed by atoms with E-state index in [1.54, 1.807) is 6.08 Å². The van der Waals surface area contributed by atoms with E-state index < -0.39 is 0 Å². The Labute approximate surface area is 132 Å². The van der Waals surface area contributed by atoms with Gasteiger partial charge in [0.25, 0.3) is 0 Å². The first-order valence-corrected chi connectivity index (χ1v) is 8.05. The Bertz CT molecular complexity index is 544. The molecule has 1 aromatic rings. The number of hydrogen-bond acceptors (Lipinski definition) is 3. The van der Waals surface area contributed by atoms with Crippen LogP contribution in [-0.4, -0.2) is 29.5 Å². The van der Waals surface area contributed by atoms with E-state index in [0.29, 0.717) is 30.1 Å². The minimum absolute atomic E-state index is 0.0761. The van der Waals surface area contributed by atoms with Crippen LogP contribution in [0.3, 0.4) is 0 Å². The molecule has 1 fully saturated rings. The van der Waals surface area contributed by atoms with Crippen molar-refractivity contribution in [1.29, 1.82) is 0 Å². The molecule has 1 amide bonds. The molecule has 0 radical (unpaired) electrons. The molecule has 0 bridgehead atoms. The number of rotatable bonds is 4. The Morgan fingerprint density at radius 1 is 1.36 bits per heavy atom. The van der Waals surface area contributed by atoms with E-state index in [9.17, 15) is 4.79 Å². The van der Waals surface area contributed by atoms with E-state index in [0.717, 1.165) is 18.4 Å². The maximum absolute atomic E-state index is 12.4. The van der Waals surface area contributed by atoms with Gasteiger partial charge in [-0.05, 0) is 63.8 Å². The zero-order chi connectivity index (χ0) is 16.1. The third kappa shape index (κ3) is 3.81. The van der Waals surface area contributed by atoms with Crippen LogP contribution in [0.15, 0.2) is 24.3 Å². The van der Waals surface area contributed by atoms with Crippen LogP contribution in [0.1, 0.15) is 45.6 Å². The van der Waals surface area contributed by atoms with E-state index in [1.165, 1.54) is 6.42 Å². The molecular formula is C18H26N2O2. The summed E-state index contributed by atoms with van der Waals surface area (Å²) < 4.78 is 5.42. The van der Waals surface area contributed by atoms with Gasteiger partial charge in [-0.1, -0.05) is 6.07 Å². The third-order valence-corrected chi connectivity index (χ3v) is 4.20. The highest BCUT2D eigenvalue weighted by Crippen LogP contribution is 2.25. The van der Waals surface area contributed by atoms with Gasteiger partial charge in [0.1, 0.15) is 5.75 Å². The summed E-state index contributed by atoms with van der Waals surface area (Å²) in [4.78, 5) is 14.4. The van der Waals surface area contributed by atoms with Gasteiger partial charge in [0.2, 0.25) is 5.91 Å². The van der Waals surface area contributed by atoms with Gasteiger partial charge >= 0.3 is 0 Å². The molecule has 1 aliphatic heterocycles. The van der Waals surface area contributed by atoms with E-state index in [-0.39, 0.29) is 5.91 Å². The molecule has 22 heavy (non-hydrogen) atoms. The second-order valence-electron chi connectivity index (χ2n) is 5.94. The molecule has 120 valence electrons. The number of carbonyl (C=O) groups is 1. The second kappa shape index (κ2) is 7.34. The Hall–Kier alpha value is -1.97. The molecule has 2 rings (SSSR count). The first kappa shape index (κ1) is 16.4. The highest BCUT2D eigenvalue weighted by Gasteiger charge is 2.27. The van der Waals surface area contributed by atoms with Gasteiger partial charge < -0.3 is 15.4 Å². The Morgan fingerprint density at radius 2 is 2.05 bits per heavy atom. The van der Waals surface area contributed by atoms with Crippen molar-refractivity contribution >= 4 is 17.7 Å². The molecule has 0 spiro atoms. The topological polar surface area (TPSA) is 55.6 Å². The van der Waals surface area contributed by atoms with Crippen LogP contribution in [0.5, 0.6) is 5.75 Å². The first-order chi connectivity index (χ1) is 10.5. The summed E-state index contributed by atoms with van der Waals surface area (Å²) >= 11 is 0. The van der Waals surface area contributed by atoms with Gasteiger partial charge in [-0.25, -0.2) is 0 Å². The highest BCUT2D eigenvalue weighted by atomic mass is 16.5. The summed E-state index contributed by atoms with van der Waals surface area (Å²) in [7, 11) is 0. The average Bonchev–Trinajstić information content (AvgIpc) is 2.47. The number of benzene rings is 1. The zero-order valence-electron chi connectivity index (χ0n) is 13.7. The number of nitrogens with zero attached hydrogens (tertiary/aromatic N) is 1. The fourth-order valence-electron chi connectivity index (χ4n) is 3.07. The minimum Gasteiger partial charge on any atom is -0.492 e. The predicted octanol–water partition coefficient (Wildman–Crippen LogP) is 3.47. The number of ether oxygens (including phenoxy) is 1. The zero-order valence-corrected chi connectivity index (χ0v) is 13.7. The number of likely N-dealkylation sites (tertiary alicyclic amines) is 1. The Balaban J connectivity index is 2.07.